The van der Waals surface area contributed by atoms with E-state index < -0.39 is 0 Å². The van der Waals surface area contributed by atoms with Gasteiger partial charge in [-0.2, -0.15) is 0 Å². The van der Waals surface area contributed by atoms with Crippen LogP contribution in [0, 0.1) is 5.92 Å². The Morgan fingerprint density at radius 3 is 2.73 bits per heavy atom. The molecule has 2 heterocycles. The van der Waals surface area contributed by atoms with Gasteiger partial charge in [-0.05, 0) is 68.1 Å². The number of carbonyl (C=O) groups is 1. The number of hydrogen-bond donors (Lipinski definition) is 1. The first kappa shape index (κ1) is 14.6. The molecular formula is C15H20N6O. The molecule has 0 spiro atoms. The number of nitrogens with one attached hydrogen (secondary N) is 1. The van der Waals surface area contributed by atoms with E-state index >= 15 is 0 Å². The highest BCUT2D eigenvalue weighted by atomic mass is 16.1. The first-order valence-corrected chi connectivity index (χ1v) is 7.48. The zero-order valence-electron chi connectivity index (χ0n) is 12.8. The summed E-state index contributed by atoms with van der Waals surface area (Å²) in [6, 6.07) is 7.94. The van der Waals surface area contributed by atoms with Crippen molar-refractivity contribution in [3.05, 3.63) is 30.6 Å². The maximum Gasteiger partial charge on any atom is 0.227 e. The minimum Gasteiger partial charge on any atom is -0.326 e. The van der Waals surface area contributed by atoms with E-state index in [4.69, 9.17) is 0 Å². The van der Waals surface area contributed by atoms with Gasteiger partial charge in [-0.15, -0.1) is 5.10 Å². The van der Waals surface area contributed by atoms with E-state index in [0.29, 0.717) is 6.04 Å². The fraction of sp³-hybridized carbons (Fsp3) is 0.467. The maximum atomic E-state index is 12.4. The van der Waals surface area contributed by atoms with Gasteiger partial charge in [0.1, 0.15) is 6.33 Å². The third-order valence-electron chi connectivity index (χ3n) is 4.33. The summed E-state index contributed by atoms with van der Waals surface area (Å²) in [4.78, 5) is 14.7. The molecule has 0 radical (unpaired) electrons. The molecule has 3 rings (SSSR count). The molecule has 7 nitrogen and oxygen atoms in total. The van der Waals surface area contributed by atoms with Crippen LogP contribution >= 0.6 is 0 Å². The summed E-state index contributed by atoms with van der Waals surface area (Å²) in [5.74, 6) is 0.195. The number of tetrazole rings is 1. The SMILES string of the molecule is C[C@H]1C[C@@H](C(=O)Nc2ccc(-n3cnnn3)cc2)CCN1C. The highest BCUT2D eigenvalue weighted by Crippen LogP contribution is 2.23. The van der Waals surface area contributed by atoms with Gasteiger partial charge in [0, 0.05) is 17.6 Å². The summed E-state index contributed by atoms with van der Waals surface area (Å²) in [6.45, 7) is 3.14. The molecule has 1 aromatic carbocycles. The normalized spacial score (nSPS) is 22.5. The highest BCUT2D eigenvalue weighted by Gasteiger charge is 2.27. The van der Waals surface area contributed by atoms with Gasteiger partial charge in [0.25, 0.3) is 0 Å². The molecule has 1 N–H and O–H groups in total. The van der Waals surface area contributed by atoms with Crippen LogP contribution in [0.3, 0.4) is 0 Å². The molecule has 1 saturated heterocycles. The number of benzene rings is 1. The Labute approximate surface area is 129 Å². The third kappa shape index (κ3) is 3.14. The minimum atomic E-state index is 0.0883. The molecule has 0 saturated carbocycles. The van der Waals surface area contributed by atoms with Gasteiger partial charge in [0.15, 0.2) is 0 Å². The van der Waals surface area contributed by atoms with E-state index in [1.807, 2.05) is 24.3 Å². The van der Waals surface area contributed by atoms with Crippen molar-refractivity contribution >= 4 is 11.6 Å². The third-order valence-corrected chi connectivity index (χ3v) is 4.33. The van der Waals surface area contributed by atoms with Crippen molar-refractivity contribution in [2.75, 3.05) is 18.9 Å². The summed E-state index contributed by atoms with van der Waals surface area (Å²) < 4.78 is 1.57. The molecular weight excluding hydrogens is 280 g/mol. The second kappa shape index (κ2) is 6.23. The van der Waals surface area contributed by atoms with Gasteiger partial charge in [0.05, 0.1) is 5.69 Å². The van der Waals surface area contributed by atoms with Crippen molar-refractivity contribution in [1.82, 2.24) is 25.1 Å². The number of piperidine rings is 1. The summed E-state index contributed by atoms with van der Waals surface area (Å²) in [5, 5.41) is 14.0. The van der Waals surface area contributed by atoms with E-state index in [-0.39, 0.29) is 11.8 Å². The summed E-state index contributed by atoms with van der Waals surface area (Å²) in [5.41, 5.74) is 1.66. The van der Waals surface area contributed by atoms with Gasteiger partial charge in [-0.1, -0.05) is 0 Å². The Balaban J connectivity index is 1.62. The number of hydrogen-bond acceptors (Lipinski definition) is 5. The highest BCUT2D eigenvalue weighted by molar-refractivity contribution is 5.92. The molecule has 2 atom stereocenters. The lowest BCUT2D eigenvalue weighted by Crippen LogP contribution is -2.41. The molecule has 116 valence electrons. The van der Waals surface area contributed by atoms with E-state index in [1.54, 1.807) is 4.68 Å². The predicted molar refractivity (Wildman–Crippen MR) is 82.6 cm³/mol. The number of anilines is 1. The second-order valence-electron chi connectivity index (χ2n) is 5.84. The molecule has 7 heteroatoms. The van der Waals surface area contributed by atoms with Gasteiger partial charge in [0.2, 0.25) is 5.91 Å². The maximum absolute atomic E-state index is 12.4. The molecule has 22 heavy (non-hydrogen) atoms. The molecule has 1 aliphatic heterocycles. The van der Waals surface area contributed by atoms with Crippen LogP contribution < -0.4 is 5.32 Å². The molecule has 1 aliphatic rings. The quantitative estimate of drug-likeness (QED) is 0.925. The standard InChI is InChI=1S/C15H20N6O/c1-11-9-12(7-8-20(11)2)15(22)17-13-3-5-14(6-4-13)21-10-16-18-19-21/h3-6,10-12H,7-9H2,1-2H3,(H,17,22)/t11-,12-/m0/s1. The Hall–Kier alpha value is -2.28. The largest absolute Gasteiger partial charge is 0.326 e. The summed E-state index contributed by atoms with van der Waals surface area (Å²) in [6.07, 6.45) is 3.36. The van der Waals surface area contributed by atoms with Crippen molar-refractivity contribution < 1.29 is 4.79 Å². The van der Waals surface area contributed by atoms with E-state index in [2.05, 4.69) is 39.7 Å². The number of carbonyl (C=O) groups excluding carboxylic acids is 1. The number of nitrogens with zero attached hydrogens (tertiary/aromatic N) is 5. The van der Waals surface area contributed by atoms with Gasteiger partial charge in [-0.3, -0.25) is 4.79 Å². The van der Waals surface area contributed by atoms with Crippen LogP contribution in [0.4, 0.5) is 5.69 Å². The average Bonchev–Trinajstić information content (AvgIpc) is 3.05. The topological polar surface area (TPSA) is 75.9 Å². The fourth-order valence-electron chi connectivity index (χ4n) is 2.75. The minimum absolute atomic E-state index is 0.0883. The van der Waals surface area contributed by atoms with Crippen LogP contribution in [0.25, 0.3) is 5.69 Å². The zero-order valence-corrected chi connectivity index (χ0v) is 12.8. The Morgan fingerprint density at radius 2 is 2.09 bits per heavy atom. The van der Waals surface area contributed by atoms with Crippen LogP contribution in [-0.4, -0.2) is 50.6 Å². The fourth-order valence-corrected chi connectivity index (χ4v) is 2.75. The Morgan fingerprint density at radius 1 is 1.32 bits per heavy atom. The van der Waals surface area contributed by atoms with Crippen molar-refractivity contribution in [1.29, 1.82) is 0 Å². The zero-order chi connectivity index (χ0) is 15.5. The molecule has 1 amide bonds. The van der Waals surface area contributed by atoms with Crippen molar-refractivity contribution in [3.8, 4) is 5.69 Å². The number of rotatable bonds is 3. The number of likely N-dealkylation sites (tertiary alicyclic amines) is 1. The lowest BCUT2D eigenvalue weighted by molar-refractivity contribution is -0.121. The van der Waals surface area contributed by atoms with E-state index in [1.165, 1.54) is 6.33 Å². The summed E-state index contributed by atoms with van der Waals surface area (Å²) >= 11 is 0. The van der Waals surface area contributed by atoms with Crippen molar-refractivity contribution in [2.24, 2.45) is 5.92 Å². The molecule has 0 bridgehead atoms. The monoisotopic (exact) mass is 300 g/mol. The Bertz CT molecular complexity index is 624. The van der Waals surface area contributed by atoms with Crippen LogP contribution in [0.5, 0.6) is 0 Å². The lowest BCUT2D eigenvalue weighted by atomic mass is 9.91. The van der Waals surface area contributed by atoms with Gasteiger partial charge in [-0.25, -0.2) is 4.68 Å². The number of aromatic nitrogens is 4. The molecule has 0 aliphatic carbocycles. The van der Waals surface area contributed by atoms with Gasteiger partial charge >= 0.3 is 0 Å². The Kier molecular flexibility index (Phi) is 4.15. The smallest absolute Gasteiger partial charge is 0.227 e. The predicted octanol–water partition coefficient (Wildman–Crippen LogP) is 1.33. The first-order chi connectivity index (χ1) is 10.6. The number of amides is 1. The molecule has 0 unspecified atom stereocenters. The molecule has 1 fully saturated rings. The van der Waals surface area contributed by atoms with Crippen LogP contribution in [-0.2, 0) is 4.79 Å². The summed E-state index contributed by atoms with van der Waals surface area (Å²) in [7, 11) is 2.11. The first-order valence-electron chi connectivity index (χ1n) is 7.48. The van der Waals surface area contributed by atoms with Crippen LogP contribution in [0.1, 0.15) is 19.8 Å². The van der Waals surface area contributed by atoms with E-state index in [0.717, 1.165) is 30.8 Å². The lowest BCUT2D eigenvalue weighted by Gasteiger charge is -2.34. The van der Waals surface area contributed by atoms with Crippen LogP contribution in [0.2, 0.25) is 0 Å². The average molecular weight is 300 g/mol. The molecule has 2 aromatic rings. The van der Waals surface area contributed by atoms with Crippen LogP contribution in [0.15, 0.2) is 30.6 Å². The molecule has 1 aromatic heterocycles. The van der Waals surface area contributed by atoms with Gasteiger partial charge < -0.3 is 10.2 Å². The van der Waals surface area contributed by atoms with Crippen molar-refractivity contribution in [2.45, 2.75) is 25.8 Å². The van der Waals surface area contributed by atoms with Crippen molar-refractivity contribution in [3.63, 3.8) is 0 Å². The second-order valence-corrected chi connectivity index (χ2v) is 5.84. The van der Waals surface area contributed by atoms with E-state index in [9.17, 15) is 4.79 Å².